The van der Waals surface area contributed by atoms with Crippen LogP contribution < -0.4 is 10.1 Å². The number of likely N-dealkylation sites (N-methyl/N-ethyl adjacent to an activating group) is 1. The Morgan fingerprint density at radius 3 is 2.74 bits per heavy atom. The lowest BCUT2D eigenvalue weighted by molar-refractivity contribution is -0.117. The maximum Gasteiger partial charge on any atom is 0.414 e. The second-order valence-corrected chi connectivity index (χ2v) is 5.36. The molecule has 122 valence electrons. The van der Waals surface area contributed by atoms with Crippen LogP contribution in [0.15, 0.2) is 48.3 Å². The van der Waals surface area contributed by atoms with Gasteiger partial charge in [-0.25, -0.2) is 4.79 Å². The molecule has 0 unspecified atom stereocenters. The molecule has 0 aliphatic carbocycles. The summed E-state index contributed by atoms with van der Waals surface area (Å²) < 4.78 is 5.38. The topological polar surface area (TPSA) is 61.9 Å². The van der Waals surface area contributed by atoms with Gasteiger partial charge >= 0.3 is 6.09 Å². The Kier molecular flexibility index (Phi) is 5.41. The largest absolute Gasteiger partial charge is 0.414 e. The number of carbonyl (C=O) groups excluding carboxylic acids is 2. The van der Waals surface area contributed by atoms with E-state index in [-0.39, 0.29) is 5.91 Å². The minimum absolute atomic E-state index is 0.0910. The minimum Gasteiger partial charge on any atom is -0.410 e. The van der Waals surface area contributed by atoms with Crippen molar-refractivity contribution in [2.24, 2.45) is 0 Å². The highest BCUT2D eigenvalue weighted by Gasteiger charge is 2.15. The Hall–Kier alpha value is -2.76. The van der Waals surface area contributed by atoms with Crippen molar-refractivity contribution in [3.63, 3.8) is 0 Å². The molecule has 2 amide bonds. The maximum atomic E-state index is 11.7. The average molecular weight is 315 g/mol. The molecule has 2 rings (SSSR count). The fourth-order valence-corrected chi connectivity index (χ4v) is 2.14. The zero-order valence-electron chi connectivity index (χ0n) is 13.6. The van der Waals surface area contributed by atoms with E-state index in [0.717, 1.165) is 5.56 Å². The van der Waals surface area contributed by atoms with Gasteiger partial charge in [-0.05, 0) is 12.5 Å². The molecule has 0 aromatic heterocycles. The number of ether oxygens (including phenoxy) is 1. The molecule has 0 fully saturated rings. The van der Waals surface area contributed by atoms with E-state index in [1.54, 1.807) is 27.2 Å². The summed E-state index contributed by atoms with van der Waals surface area (Å²) in [4.78, 5) is 26.8. The van der Waals surface area contributed by atoms with Crippen molar-refractivity contribution in [1.29, 1.82) is 0 Å². The number of nitrogens with zero attached hydrogens (tertiary/aromatic N) is 2. The van der Waals surface area contributed by atoms with Crippen molar-refractivity contribution >= 4 is 12.0 Å². The molecule has 1 aromatic rings. The highest BCUT2D eigenvalue weighted by Crippen LogP contribution is 2.23. The third-order valence-electron chi connectivity index (χ3n) is 3.36. The van der Waals surface area contributed by atoms with Crippen LogP contribution in [0.25, 0.3) is 0 Å². The normalized spacial score (nSPS) is 13.3. The number of hydrogen-bond donors (Lipinski definition) is 1. The fraction of sp³-hybridized carbons (Fsp3) is 0.294. The van der Waals surface area contributed by atoms with Crippen molar-refractivity contribution < 1.29 is 14.3 Å². The molecular formula is C17H21N3O3. The van der Waals surface area contributed by atoms with Crippen molar-refractivity contribution in [2.45, 2.75) is 13.0 Å². The van der Waals surface area contributed by atoms with Gasteiger partial charge in [0.25, 0.3) is 0 Å². The van der Waals surface area contributed by atoms with E-state index in [1.807, 2.05) is 41.6 Å². The number of carbonyl (C=O) groups is 2. The summed E-state index contributed by atoms with van der Waals surface area (Å²) in [5.41, 5.74) is 1.56. The summed E-state index contributed by atoms with van der Waals surface area (Å²) in [6.07, 6.45) is 5.83. The Morgan fingerprint density at radius 2 is 2.04 bits per heavy atom. The van der Waals surface area contributed by atoms with Crippen LogP contribution in [0.3, 0.4) is 0 Å². The van der Waals surface area contributed by atoms with Crippen LogP contribution in [-0.4, -0.2) is 42.9 Å². The van der Waals surface area contributed by atoms with Crippen LogP contribution in [0.2, 0.25) is 0 Å². The Morgan fingerprint density at radius 1 is 1.30 bits per heavy atom. The smallest absolute Gasteiger partial charge is 0.410 e. The standard InChI is InChI=1S/C17H21N3O3/c1-18-16(21)14-8-6-10-20(12-14)11-13-7-4-5-9-15(13)23-17(22)19(2)3/h4-7,9-10,12H,8,11H2,1-3H3,(H,18,21). The summed E-state index contributed by atoms with van der Waals surface area (Å²) in [7, 11) is 4.88. The van der Waals surface area contributed by atoms with Crippen LogP contribution in [0.1, 0.15) is 12.0 Å². The predicted molar refractivity (Wildman–Crippen MR) is 87.6 cm³/mol. The van der Waals surface area contributed by atoms with Gasteiger partial charge in [-0.1, -0.05) is 24.3 Å². The Bertz CT molecular complexity index is 650. The van der Waals surface area contributed by atoms with E-state index in [4.69, 9.17) is 4.74 Å². The first-order valence-electron chi connectivity index (χ1n) is 7.33. The van der Waals surface area contributed by atoms with Crippen molar-refractivity contribution in [2.75, 3.05) is 21.1 Å². The fourth-order valence-electron chi connectivity index (χ4n) is 2.14. The number of allylic oxidation sites excluding steroid dienone is 1. The average Bonchev–Trinajstić information content (AvgIpc) is 2.56. The van der Waals surface area contributed by atoms with Gasteiger partial charge in [-0.2, -0.15) is 0 Å². The minimum atomic E-state index is -0.423. The van der Waals surface area contributed by atoms with E-state index >= 15 is 0 Å². The van der Waals surface area contributed by atoms with Gasteiger partial charge in [0.2, 0.25) is 5.91 Å². The third kappa shape index (κ3) is 4.35. The molecule has 0 saturated carbocycles. The second-order valence-electron chi connectivity index (χ2n) is 5.36. The van der Waals surface area contributed by atoms with Gasteiger partial charge in [-0.15, -0.1) is 0 Å². The molecule has 1 N–H and O–H groups in total. The summed E-state index contributed by atoms with van der Waals surface area (Å²) in [6, 6.07) is 7.36. The summed E-state index contributed by atoms with van der Waals surface area (Å²) in [5, 5.41) is 2.63. The molecule has 1 aromatic carbocycles. The lowest BCUT2D eigenvalue weighted by Gasteiger charge is -2.22. The zero-order chi connectivity index (χ0) is 16.8. The molecule has 1 heterocycles. The highest BCUT2D eigenvalue weighted by atomic mass is 16.6. The van der Waals surface area contributed by atoms with E-state index in [2.05, 4.69) is 5.32 Å². The first-order valence-corrected chi connectivity index (χ1v) is 7.33. The summed E-state index contributed by atoms with van der Waals surface area (Å²) >= 11 is 0. The van der Waals surface area contributed by atoms with Crippen LogP contribution in [0.5, 0.6) is 5.75 Å². The van der Waals surface area contributed by atoms with Crippen LogP contribution in [-0.2, 0) is 11.3 Å². The third-order valence-corrected chi connectivity index (χ3v) is 3.36. The van der Waals surface area contributed by atoms with Gasteiger partial charge in [0, 0.05) is 44.7 Å². The van der Waals surface area contributed by atoms with Crippen molar-refractivity contribution in [3.8, 4) is 5.75 Å². The van der Waals surface area contributed by atoms with Gasteiger partial charge < -0.3 is 19.9 Å². The summed E-state index contributed by atoms with van der Waals surface area (Å²) in [5.74, 6) is 0.423. The SMILES string of the molecule is CNC(=O)C1=CN(Cc2ccccc2OC(=O)N(C)C)C=CC1. The Balaban J connectivity index is 2.15. The number of nitrogens with one attached hydrogen (secondary N) is 1. The van der Waals surface area contributed by atoms with E-state index in [1.165, 1.54) is 4.90 Å². The first-order chi connectivity index (χ1) is 11.0. The number of amides is 2. The van der Waals surface area contributed by atoms with Crippen molar-refractivity contribution in [1.82, 2.24) is 15.1 Å². The molecule has 1 aliphatic rings. The summed E-state index contributed by atoms with van der Waals surface area (Å²) in [6.45, 7) is 0.508. The van der Waals surface area contributed by atoms with Crippen LogP contribution in [0.4, 0.5) is 4.79 Å². The van der Waals surface area contributed by atoms with Crippen molar-refractivity contribution in [3.05, 3.63) is 53.9 Å². The predicted octanol–water partition coefficient (Wildman–Crippen LogP) is 2.10. The number of para-hydroxylation sites is 1. The lowest BCUT2D eigenvalue weighted by atomic mass is 10.1. The molecule has 6 heteroatoms. The molecule has 0 bridgehead atoms. The highest BCUT2D eigenvalue weighted by molar-refractivity contribution is 5.93. The van der Waals surface area contributed by atoms with Crippen LogP contribution in [0, 0.1) is 0 Å². The van der Waals surface area contributed by atoms with Gasteiger partial charge in [0.15, 0.2) is 0 Å². The number of benzene rings is 1. The van der Waals surface area contributed by atoms with Gasteiger partial charge in [0.1, 0.15) is 5.75 Å². The molecule has 0 spiro atoms. The quantitative estimate of drug-likeness (QED) is 0.924. The molecule has 0 saturated heterocycles. The van der Waals surface area contributed by atoms with E-state index in [0.29, 0.717) is 24.3 Å². The monoisotopic (exact) mass is 315 g/mol. The van der Waals surface area contributed by atoms with Crippen LogP contribution >= 0.6 is 0 Å². The Labute approximate surface area is 136 Å². The van der Waals surface area contributed by atoms with E-state index < -0.39 is 6.09 Å². The number of hydrogen-bond acceptors (Lipinski definition) is 4. The molecule has 23 heavy (non-hydrogen) atoms. The number of rotatable bonds is 4. The van der Waals surface area contributed by atoms with E-state index in [9.17, 15) is 9.59 Å². The maximum absolute atomic E-state index is 11.7. The molecule has 6 nitrogen and oxygen atoms in total. The molecule has 1 aliphatic heterocycles. The van der Waals surface area contributed by atoms with Gasteiger partial charge in [0.05, 0.1) is 6.54 Å². The lowest BCUT2D eigenvalue weighted by Crippen LogP contribution is -2.26. The first kappa shape index (κ1) is 16.6. The molecule has 0 atom stereocenters. The zero-order valence-corrected chi connectivity index (χ0v) is 13.6. The molecule has 0 radical (unpaired) electrons. The molecular weight excluding hydrogens is 294 g/mol. The second kappa shape index (κ2) is 7.49. The van der Waals surface area contributed by atoms with Gasteiger partial charge in [-0.3, -0.25) is 4.79 Å².